The topological polar surface area (TPSA) is 152 Å². The van der Waals surface area contributed by atoms with Crippen molar-refractivity contribution in [3.8, 4) is 28.7 Å². The highest BCUT2D eigenvalue weighted by atomic mass is 16.6. The first-order chi connectivity index (χ1) is 12.4. The number of benzene rings is 1. The SMILES string of the molecule is Cc1c([N+](=O)[O-])c(-c2nc(-c3ccc(OCC(N)=O)cc3)no2)nn1C. The Kier molecular flexibility index (Phi) is 4.35. The second-order valence-corrected chi connectivity index (χ2v) is 5.37. The van der Waals surface area contributed by atoms with Crippen LogP contribution in [0, 0.1) is 17.0 Å². The van der Waals surface area contributed by atoms with Crippen LogP contribution in [0.25, 0.3) is 23.0 Å². The zero-order chi connectivity index (χ0) is 18.8. The minimum atomic E-state index is -0.580. The predicted octanol–water partition coefficient (Wildman–Crippen LogP) is 1.22. The van der Waals surface area contributed by atoms with Crippen molar-refractivity contribution >= 4 is 11.6 Å². The first kappa shape index (κ1) is 17.1. The van der Waals surface area contributed by atoms with Gasteiger partial charge in [0.2, 0.25) is 11.5 Å². The number of hydrogen-bond acceptors (Lipinski definition) is 8. The molecule has 2 N–H and O–H groups in total. The first-order valence-electron chi connectivity index (χ1n) is 7.40. The van der Waals surface area contributed by atoms with Gasteiger partial charge in [-0.05, 0) is 31.2 Å². The monoisotopic (exact) mass is 358 g/mol. The van der Waals surface area contributed by atoms with E-state index in [4.69, 9.17) is 15.0 Å². The van der Waals surface area contributed by atoms with Crippen LogP contribution in [0.2, 0.25) is 0 Å². The highest BCUT2D eigenvalue weighted by Gasteiger charge is 2.29. The molecule has 1 aromatic carbocycles. The summed E-state index contributed by atoms with van der Waals surface area (Å²) in [7, 11) is 1.59. The van der Waals surface area contributed by atoms with Gasteiger partial charge in [0.15, 0.2) is 6.61 Å². The minimum absolute atomic E-state index is 0.00941. The number of ether oxygens (including phenoxy) is 1. The molecule has 134 valence electrons. The number of primary amides is 1. The summed E-state index contributed by atoms with van der Waals surface area (Å²) >= 11 is 0. The molecular weight excluding hydrogens is 344 g/mol. The number of carbonyl (C=O) groups is 1. The number of nitrogens with zero attached hydrogens (tertiary/aromatic N) is 5. The third-order valence-corrected chi connectivity index (χ3v) is 3.61. The van der Waals surface area contributed by atoms with E-state index in [1.165, 1.54) is 4.68 Å². The van der Waals surface area contributed by atoms with Crippen LogP contribution >= 0.6 is 0 Å². The van der Waals surface area contributed by atoms with E-state index in [1.54, 1.807) is 38.2 Å². The van der Waals surface area contributed by atoms with E-state index in [0.29, 0.717) is 17.0 Å². The van der Waals surface area contributed by atoms with E-state index in [2.05, 4.69) is 15.2 Å². The van der Waals surface area contributed by atoms with E-state index in [0.717, 1.165) is 0 Å². The Hall–Kier alpha value is -3.76. The number of carbonyl (C=O) groups excluding carboxylic acids is 1. The number of hydrogen-bond donors (Lipinski definition) is 1. The van der Waals surface area contributed by atoms with Gasteiger partial charge in [0.25, 0.3) is 11.8 Å². The van der Waals surface area contributed by atoms with Crippen molar-refractivity contribution in [1.82, 2.24) is 19.9 Å². The van der Waals surface area contributed by atoms with Crippen molar-refractivity contribution < 1.29 is 19.0 Å². The van der Waals surface area contributed by atoms with E-state index in [1.807, 2.05) is 0 Å². The number of amides is 1. The highest BCUT2D eigenvalue weighted by Crippen LogP contribution is 2.31. The van der Waals surface area contributed by atoms with Crippen molar-refractivity contribution in [2.24, 2.45) is 12.8 Å². The maximum absolute atomic E-state index is 11.3. The van der Waals surface area contributed by atoms with Crippen molar-refractivity contribution in [2.75, 3.05) is 6.61 Å². The van der Waals surface area contributed by atoms with Gasteiger partial charge in [0.1, 0.15) is 11.4 Å². The van der Waals surface area contributed by atoms with Crippen LogP contribution in [-0.4, -0.2) is 37.4 Å². The minimum Gasteiger partial charge on any atom is -0.484 e. The van der Waals surface area contributed by atoms with Gasteiger partial charge in [-0.25, -0.2) is 0 Å². The molecule has 1 amide bonds. The number of rotatable bonds is 6. The molecule has 0 aliphatic carbocycles. The molecule has 0 unspecified atom stereocenters. The summed E-state index contributed by atoms with van der Waals surface area (Å²) in [5.74, 6) is 0.0555. The van der Waals surface area contributed by atoms with Crippen molar-refractivity contribution in [2.45, 2.75) is 6.92 Å². The smallest absolute Gasteiger partial charge is 0.322 e. The number of aryl methyl sites for hydroxylation is 1. The molecule has 0 saturated heterocycles. The summed E-state index contributed by atoms with van der Waals surface area (Å²) < 4.78 is 11.7. The van der Waals surface area contributed by atoms with Gasteiger partial charge in [-0.15, -0.1) is 0 Å². The summed E-state index contributed by atoms with van der Waals surface area (Å²) in [5.41, 5.74) is 5.81. The quantitative estimate of drug-likeness (QED) is 0.510. The summed E-state index contributed by atoms with van der Waals surface area (Å²) in [6, 6.07) is 6.54. The molecule has 0 bridgehead atoms. The summed E-state index contributed by atoms with van der Waals surface area (Å²) in [5, 5.41) is 19.2. The number of aromatic nitrogens is 4. The molecule has 0 aliphatic rings. The molecule has 0 radical (unpaired) electrons. The maximum atomic E-state index is 11.3. The Morgan fingerprint density at radius 1 is 1.38 bits per heavy atom. The molecule has 2 aromatic heterocycles. The lowest BCUT2D eigenvalue weighted by Gasteiger charge is -2.03. The first-order valence-corrected chi connectivity index (χ1v) is 7.40. The Balaban J connectivity index is 1.88. The van der Waals surface area contributed by atoms with Gasteiger partial charge in [0, 0.05) is 12.6 Å². The van der Waals surface area contributed by atoms with Gasteiger partial charge < -0.3 is 15.0 Å². The van der Waals surface area contributed by atoms with E-state index >= 15 is 0 Å². The number of nitrogens with two attached hydrogens (primary N) is 1. The fourth-order valence-electron chi connectivity index (χ4n) is 2.25. The molecule has 2 heterocycles. The van der Waals surface area contributed by atoms with Gasteiger partial charge >= 0.3 is 5.69 Å². The van der Waals surface area contributed by atoms with Gasteiger partial charge in [-0.1, -0.05) is 5.16 Å². The molecule has 0 aliphatic heterocycles. The Labute approximate surface area is 146 Å². The Bertz CT molecular complexity index is 975. The lowest BCUT2D eigenvalue weighted by molar-refractivity contribution is -0.384. The van der Waals surface area contributed by atoms with Crippen LogP contribution < -0.4 is 10.5 Å². The zero-order valence-electron chi connectivity index (χ0n) is 13.9. The fourth-order valence-corrected chi connectivity index (χ4v) is 2.25. The Morgan fingerprint density at radius 3 is 2.69 bits per heavy atom. The van der Waals surface area contributed by atoms with Crippen molar-refractivity contribution in [1.29, 1.82) is 0 Å². The van der Waals surface area contributed by atoms with Gasteiger partial charge in [-0.3, -0.25) is 19.6 Å². The average molecular weight is 358 g/mol. The molecule has 0 fully saturated rings. The summed E-state index contributed by atoms with van der Waals surface area (Å²) in [6.45, 7) is 1.35. The lowest BCUT2D eigenvalue weighted by Crippen LogP contribution is -2.19. The van der Waals surface area contributed by atoms with Crippen LogP contribution in [0.5, 0.6) is 5.75 Å². The highest BCUT2D eigenvalue weighted by molar-refractivity contribution is 5.75. The second kappa shape index (κ2) is 6.63. The van der Waals surface area contributed by atoms with Crippen LogP contribution in [0.3, 0.4) is 0 Å². The molecule has 11 heteroatoms. The summed E-state index contributed by atoms with van der Waals surface area (Å²) in [6.07, 6.45) is 0. The van der Waals surface area contributed by atoms with Crippen LogP contribution in [-0.2, 0) is 11.8 Å². The largest absolute Gasteiger partial charge is 0.484 e. The van der Waals surface area contributed by atoms with Gasteiger partial charge in [0.05, 0.1) is 4.92 Å². The third kappa shape index (κ3) is 3.22. The number of nitro groups is 1. The molecule has 26 heavy (non-hydrogen) atoms. The zero-order valence-corrected chi connectivity index (χ0v) is 13.9. The van der Waals surface area contributed by atoms with Crippen LogP contribution in [0.4, 0.5) is 5.69 Å². The molecule has 3 aromatic rings. The lowest BCUT2D eigenvalue weighted by atomic mass is 10.2. The van der Waals surface area contributed by atoms with Gasteiger partial charge in [-0.2, -0.15) is 10.1 Å². The van der Waals surface area contributed by atoms with Crippen LogP contribution in [0.1, 0.15) is 5.69 Å². The fraction of sp³-hybridized carbons (Fsp3) is 0.200. The van der Waals surface area contributed by atoms with Crippen molar-refractivity contribution in [3.05, 3.63) is 40.1 Å². The summed E-state index contributed by atoms with van der Waals surface area (Å²) in [4.78, 5) is 25.6. The van der Waals surface area contributed by atoms with Crippen LogP contribution in [0.15, 0.2) is 28.8 Å². The second-order valence-electron chi connectivity index (χ2n) is 5.37. The molecule has 0 spiro atoms. The molecule has 3 rings (SSSR count). The third-order valence-electron chi connectivity index (χ3n) is 3.61. The standard InChI is InChI=1S/C15H14N6O5/c1-8-13(21(23)24)12(18-20(8)2)15-17-14(19-26-15)9-3-5-10(6-4-9)25-7-11(16)22/h3-6H,7H2,1-2H3,(H2,16,22). The molecule has 11 nitrogen and oxygen atoms in total. The Morgan fingerprint density at radius 2 is 2.08 bits per heavy atom. The molecule has 0 atom stereocenters. The normalized spacial score (nSPS) is 10.7. The molecular formula is C15H14N6O5. The predicted molar refractivity (Wildman–Crippen MR) is 88.0 cm³/mol. The van der Waals surface area contributed by atoms with E-state index < -0.39 is 10.8 Å². The maximum Gasteiger partial charge on any atom is 0.322 e. The van der Waals surface area contributed by atoms with Crippen molar-refractivity contribution in [3.63, 3.8) is 0 Å². The molecule has 0 saturated carbocycles. The van der Waals surface area contributed by atoms with E-state index in [9.17, 15) is 14.9 Å². The van der Waals surface area contributed by atoms with E-state index in [-0.39, 0.29) is 29.7 Å². The average Bonchev–Trinajstić information content (AvgIpc) is 3.19.